The Morgan fingerprint density at radius 1 is 1.20 bits per heavy atom. The molecule has 0 radical (unpaired) electrons. The number of carbonyl (C=O) groups excluding carboxylic acids is 1. The quantitative estimate of drug-likeness (QED) is 0.502. The normalized spacial score (nSPS) is 22.6. The topological polar surface area (TPSA) is 126 Å². The highest BCUT2D eigenvalue weighted by Gasteiger charge is 2.46. The van der Waals surface area contributed by atoms with Gasteiger partial charge in [0.1, 0.15) is 29.1 Å². The molecule has 0 unspecified atom stereocenters. The summed E-state index contributed by atoms with van der Waals surface area (Å²) < 4.78 is 30.9. The van der Waals surface area contributed by atoms with Gasteiger partial charge in [0.05, 0.1) is 24.9 Å². The van der Waals surface area contributed by atoms with E-state index in [1.165, 1.54) is 18.6 Å². The van der Waals surface area contributed by atoms with Crippen molar-refractivity contribution in [2.24, 2.45) is 5.41 Å². The highest BCUT2D eigenvalue weighted by atomic mass is 19.1. The monoisotopic (exact) mass is 571 g/mol. The van der Waals surface area contributed by atoms with Crippen LogP contribution in [0.15, 0.2) is 30.7 Å². The molecule has 11 nitrogen and oxygen atoms in total. The van der Waals surface area contributed by atoms with Crippen molar-refractivity contribution in [3.63, 3.8) is 0 Å². The molecule has 222 valence electrons. The van der Waals surface area contributed by atoms with Crippen LogP contribution in [0.1, 0.15) is 56.8 Å². The Morgan fingerprint density at radius 3 is 2.61 bits per heavy atom. The van der Waals surface area contributed by atoms with Crippen LogP contribution in [0.2, 0.25) is 0 Å². The Hall–Kier alpha value is -3.51. The van der Waals surface area contributed by atoms with Gasteiger partial charge in [-0.2, -0.15) is 0 Å². The maximum absolute atomic E-state index is 13.6. The smallest absolute Gasteiger partial charge is 0.407 e. The number of carbonyl (C=O) groups is 2. The minimum atomic E-state index is -1.27. The molecule has 2 aromatic rings. The first-order chi connectivity index (χ1) is 19.5. The van der Waals surface area contributed by atoms with Crippen molar-refractivity contribution < 1.29 is 33.3 Å². The van der Waals surface area contributed by atoms with Crippen molar-refractivity contribution in [2.75, 3.05) is 44.2 Å². The molecule has 0 saturated carbocycles. The van der Waals surface area contributed by atoms with Gasteiger partial charge in [-0.25, -0.2) is 23.9 Å². The van der Waals surface area contributed by atoms with E-state index in [0.29, 0.717) is 18.2 Å². The lowest BCUT2D eigenvalue weighted by Gasteiger charge is -2.54. The molecular formula is C29H38FN5O6. The van der Waals surface area contributed by atoms with Gasteiger partial charge in [-0.15, -0.1) is 0 Å². The molecule has 3 fully saturated rings. The predicted molar refractivity (Wildman–Crippen MR) is 148 cm³/mol. The number of carboxylic acid groups (broad SMARTS) is 1. The van der Waals surface area contributed by atoms with Crippen LogP contribution in [0.4, 0.5) is 15.0 Å². The molecule has 0 bridgehead atoms. The van der Waals surface area contributed by atoms with Crippen LogP contribution in [0.25, 0.3) is 0 Å². The lowest BCUT2D eigenvalue weighted by Crippen LogP contribution is -2.61. The van der Waals surface area contributed by atoms with Crippen molar-refractivity contribution in [3.8, 4) is 11.5 Å². The van der Waals surface area contributed by atoms with Gasteiger partial charge in [0.15, 0.2) is 11.6 Å². The zero-order chi connectivity index (χ0) is 29.2. The van der Waals surface area contributed by atoms with E-state index in [1.54, 1.807) is 0 Å². The van der Waals surface area contributed by atoms with E-state index in [-0.39, 0.29) is 28.9 Å². The van der Waals surface area contributed by atoms with Gasteiger partial charge >= 0.3 is 12.1 Å². The van der Waals surface area contributed by atoms with Crippen molar-refractivity contribution in [2.45, 2.75) is 64.2 Å². The number of hydrogen-bond acceptors (Lipinski definition) is 9. The number of likely N-dealkylation sites (tertiary alicyclic amines) is 1. The Balaban J connectivity index is 1.08. The van der Waals surface area contributed by atoms with Crippen LogP contribution in [0.5, 0.6) is 11.5 Å². The number of piperidine rings is 1. The molecule has 1 aromatic heterocycles. The first kappa shape index (κ1) is 29.0. The van der Waals surface area contributed by atoms with Crippen molar-refractivity contribution in [3.05, 3.63) is 42.1 Å². The number of alkyl carbamates (subject to hydrolysis) is 1. The highest BCUT2D eigenvalue weighted by Crippen LogP contribution is 2.45. The van der Waals surface area contributed by atoms with Crippen LogP contribution in [-0.2, 0) is 9.47 Å². The minimum absolute atomic E-state index is 0.0267. The summed E-state index contributed by atoms with van der Waals surface area (Å²) in [7, 11) is 0. The third-order valence-electron chi connectivity index (χ3n) is 7.87. The molecule has 12 heteroatoms. The van der Waals surface area contributed by atoms with E-state index >= 15 is 0 Å². The van der Waals surface area contributed by atoms with E-state index in [0.717, 1.165) is 70.5 Å². The largest absolute Gasteiger partial charge is 0.478 e. The van der Waals surface area contributed by atoms with Gasteiger partial charge in [0.2, 0.25) is 0 Å². The fourth-order valence-electron chi connectivity index (χ4n) is 5.76. The minimum Gasteiger partial charge on any atom is -0.478 e. The average molecular weight is 572 g/mol. The van der Waals surface area contributed by atoms with E-state index < -0.39 is 23.5 Å². The lowest BCUT2D eigenvalue weighted by atomic mass is 9.72. The van der Waals surface area contributed by atoms with Gasteiger partial charge in [0.25, 0.3) is 0 Å². The summed E-state index contributed by atoms with van der Waals surface area (Å²) >= 11 is 0. The van der Waals surface area contributed by atoms with Crippen LogP contribution in [0, 0.1) is 11.2 Å². The Labute approximate surface area is 239 Å². The number of benzene rings is 1. The van der Waals surface area contributed by atoms with Gasteiger partial charge < -0.3 is 34.4 Å². The van der Waals surface area contributed by atoms with Gasteiger partial charge in [-0.1, -0.05) is 0 Å². The second-order valence-electron chi connectivity index (χ2n) is 12.3. The molecule has 1 aromatic carbocycles. The van der Waals surface area contributed by atoms with E-state index in [9.17, 15) is 19.1 Å². The molecule has 4 heterocycles. The van der Waals surface area contributed by atoms with Crippen molar-refractivity contribution in [1.29, 1.82) is 0 Å². The maximum Gasteiger partial charge on any atom is 0.407 e. The number of aromatic carboxylic acids is 1. The number of aromatic nitrogens is 2. The molecule has 41 heavy (non-hydrogen) atoms. The zero-order valence-corrected chi connectivity index (χ0v) is 23.8. The van der Waals surface area contributed by atoms with E-state index in [4.69, 9.17) is 14.2 Å². The molecule has 5 rings (SSSR count). The molecule has 1 amide bonds. The maximum atomic E-state index is 13.6. The van der Waals surface area contributed by atoms with Gasteiger partial charge in [-0.3, -0.25) is 0 Å². The molecule has 3 aliphatic heterocycles. The molecule has 1 spiro atoms. The summed E-state index contributed by atoms with van der Waals surface area (Å²) in [6.07, 6.45) is 6.57. The summed E-state index contributed by atoms with van der Waals surface area (Å²) in [4.78, 5) is 36.7. The van der Waals surface area contributed by atoms with Gasteiger partial charge in [-0.05, 0) is 77.7 Å². The number of ether oxygens (including phenoxy) is 3. The number of nitrogens with zero attached hydrogens (tertiary/aromatic N) is 4. The summed E-state index contributed by atoms with van der Waals surface area (Å²) in [5.41, 5.74) is -0.591. The van der Waals surface area contributed by atoms with Crippen molar-refractivity contribution >= 4 is 17.9 Å². The number of nitrogens with one attached hydrogen (secondary N) is 1. The third-order valence-corrected chi connectivity index (χ3v) is 7.87. The number of hydrogen-bond donors (Lipinski definition) is 2. The van der Waals surface area contributed by atoms with Crippen molar-refractivity contribution in [1.82, 2.24) is 20.2 Å². The summed E-state index contributed by atoms with van der Waals surface area (Å²) in [5.74, 6) is -0.953. The predicted octanol–water partition coefficient (Wildman–Crippen LogP) is 4.08. The average Bonchev–Trinajstić information content (AvgIpc) is 2.89. The molecule has 0 aliphatic carbocycles. The summed E-state index contributed by atoms with van der Waals surface area (Å²) in [6, 6.07) is 3.37. The number of anilines is 1. The highest BCUT2D eigenvalue weighted by molar-refractivity contribution is 5.91. The number of carboxylic acids is 1. The molecule has 2 N–H and O–H groups in total. The zero-order valence-electron chi connectivity index (χ0n) is 23.8. The first-order valence-corrected chi connectivity index (χ1v) is 14.1. The van der Waals surface area contributed by atoms with E-state index in [2.05, 4.69) is 25.1 Å². The van der Waals surface area contributed by atoms with Crippen LogP contribution in [-0.4, -0.2) is 89.1 Å². The third kappa shape index (κ3) is 7.23. The summed E-state index contributed by atoms with van der Waals surface area (Å²) in [6.45, 7) is 10.5. The fraction of sp³-hybridized carbons (Fsp3) is 0.586. The summed E-state index contributed by atoms with van der Waals surface area (Å²) in [5, 5.41) is 12.4. The second-order valence-corrected chi connectivity index (χ2v) is 12.3. The van der Waals surface area contributed by atoms with Crippen LogP contribution in [0.3, 0.4) is 0 Å². The standard InChI is InChI=1S/C29H38FN5O6/c1-28(2,3)41-27(38)33-20-5-6-21(39-15-20)14-34-10-8-29(9-11-34)16-35(17-29)25-24(13-31-18-32-25)40-23-7-4-19(30)12-22(23)26(36)37/h4,7,12-13,18,20-21H,5-6,8-11,14-17H2,1-3H3,(H,33,38)(H,36,37)/t20-,21+/m1/s1. The Kier molecular flexibility index (Phi) is 8.32. The van der Waals surface area contributed by atoms with E-state index in [1.807, 2.05) is 20.8 Å². The second kappa shape index (κ2) is 11.8. The van der Waals surface area contributed by atoms with Gasteiger partial charge in [0, 0.05) is 25.0 Å². The lowest BCUT2D eigenvalue weighted by molar-refractivity contribution is -0.0347. The Bertz CT molecular complexity index is 1250. The number of halogens is 1. The Morgan fingerprint density at radius 2 is 1.95 bits per heavy atom. The fourth-order valence-corrected chi connectivity index (χ4v) is 5.76. The SMILES string of the molecule is CC(C)(C)OC(=O)N[C@@H]1CC[C@@H](CN2CCC3(CC2)CN(c2ncncc2Oc2ccc(F)cc2C(=O)O)C3)OC1. The molecule has 3 saturated heterocycles. The molecule has 2 atom stereocenters. The van der Waals surface area contributed by atoms with Crippen LogP contribution < -0.4 is 15.0 Å². The van der Waals surface area contributed by atoms with Crippen LogP contribution >= 0.6 is 0 Å². The first-order valence-electron chi connectivity index (χ1n) is 14.1. The number of amides is 1. The number of rotatable bonds is 7. The molecule has 3 aliphatic rings. The molecular weight excluding hydrogens is 533 g/mol.